The van der Waals surface area contributed by atoms with Crippen LogP contribution in [0.2, 0.25) is 0 Å². The number of sulfone groups is 1. The maximum absolute atomic E-state index is 12.3. The number of benzene rings is 2. The molecule has 0 aliphatic rings. The van der Waals surface area contributed by atoms with E-state index >= 15 is 0 Å². The van der Waals surface area contributed by atoms with E-state index < -0.39 is 26.5 Å². The number of nitrogens with one attached hydrogen (secondary N) is 1. The minimum atomic E-state index is -3.69. The van der Waals surface area contributed by atoms with E-state index in [1.54, 1.807) is 24.3 Å². The maximum Gasteiger partial charge on any atom is 0.261 e. The van der Waals surface area contributed by atoms with Gasteiger partial charge in [0.25, 0.3) is 10.0 Å². The Morgan fingerprint density at radius 1 is 0.917 bits per heavy atom. The lowest BCUT2D eigenvalue weighted by atomic mass is 10.2. The van der Waals surface area contributed by atoms with Crippen molar-refractivity contribution in [3.63, 3.8) is 0 Å². The first-order valence-electron chi connectivity index (χ1n) is 7.21. The van der Waals surface area contributed by atoms with E-state index in [1.807, 2.05) is 6.92 Å². The Morgan fingerprint density at radius 2 is 1.50 bits per heavy atom. The van der Waals surface area contributed by atoms with Crippen molar-refractivity contribution in [3.8, 4) is 0 Å². The minimum Gasteiger partial charge on any atom is -0.395 e. The molecular formula is C16H19NO5S2. The minimum absolute atomic E-state index is 0.155. The molecule has 0 radical (unpaired) electrons. The van der Waals surface area contributed by atoms with Gasteiger partial charge in [0.15, 0.2) is 9.84 Å². The molecule has 0 fully saturated rings. The fourth-order valence-electron chi connectivity index (χ4n) is 2.07. The van der Waals surface area contributed by atoms with Crippen molar-refractivity contribution in [1.82, 2.24) is 0 Å². The van der Waals surface area contributed by atoms with Gasteiger partial charge in [-0.25, -0.2) is 16.8 Å². The summed E-state index contributed by atoms with van der Waals surface area (Å²) < 4.78 is 50.3. The summed E-state index contributed by atoms with van der Waals surface area (Å²) in [6, 6.07) is 12.6. The molecule has 2 N–H and O–H groups in total. The Balaban J connectivity index is 2.12. The predicted molar refractivity (Wildman–Crippen MR) is 93.0 cm³/mol. The first-order valence-corrected chi connectivity index (χ1v) is 10.5. The van der Waals surface area contributed by atoms with Crippen LogP contribution >= 0.6 is 0 Å². The van der Waals surface area contributed by atoms with Gasteiger partial charge in [0.05, 0.1) is 23.0 Å². The summed E-state index contributed by atoms with van der Waals surface area (Å²) in [5.41, 5.74) is 1.84. The number of sulfonamides is 1. The van der Waals surface area contributed by atoms with Gasteiger partial charge < -0.3 is 5.11 Å². The lowest BCUT2D eigenvalue weighted by Gasteiger charge is -2.09. The topological polar surface area (TPSA) is 101 Å². The second-order valence-corrected chi connectivity index (χ2v) is 9.30. The molecular weight excluding hydrogens is 350 g/mol. The fraction of sp³-hybridized carbons (Fsp3) is 0.250. The van der Waals surface area contributed by atoms with Crippen molar-refractivity contribution in [1.29, 1.82) is 0 Å². The van der Waals surface area contributed by atoms with Crippen LogP contribution in [0.5, 0.6) is 0 Å². The van der Waals surface area contributed by atoms with E-state index in [2.05, 4.69) is 4.72 Å². The largest absolute Gasteiger partial charge is 0.395 e. The van der Waals surface area contributed by atoms with Crippen molar-refractivity contribution in [3.05, 3.63) is 59.7 Å². The molecule has 130 valence electrons. The van der Waals surface area contributed by atoms with E-state index in [9.17, 15) is 16.8 Å². The Morgan fingerprint density at radius 3 is 2.04 bits per heavy atom. The molecule has 0 bridgehead atoms. The number of aryl methyl sites for hydroxylation is 1. The summed E-state index contributed by atoms with van der Waals surface area (Å²) in [5, 5.41) is 8.72. The predicted octanol–water partition coefficient (Wildman–Crippen LogP) is 1.70. The van der Waals surface area contributed by atoms with Gasteiger partial charge >= 0.3 is 0 Å². The standard InChI is InChI=1S/C16H19NO5S2/c1-13-2-8-16(9-3-13)24(21,22)17-15-6-4-14(5-7-15)12-23(19,20)11-10-18/h2-9,17-18H,10-12H2,1H3. The number of anilines is 1. The van der Waals surface area contributed by atoms with Gasteiger partial charge in [-0.2, -0.15) is 0 Å². The zero-order valence-corrected chi connectivity index (χ0v) is 14.8. The lowest BCUT2D eigenvalue weighted by molar-refractivity contribution is 0.319. The zero-order chi connectivity index (χ0) is 17.8. The Labute approximate surface area is 142 Å². The molecule has 2 aromatic carbocycles. The Kier molecular flexibility index (Phi) is 5.63. The van der Waals surface area contributed by atoms with Gasteiger partial charge in [-0.15, -0.1) is 0 Å². The van der Waals surface area contributed by atoms with Crippen LogP contribution < -0.4 is 4.72 Å². The summed E-state index contributed by atoms with van der Waals surface area (Å²) in [5.74, 6) is -0.493. The Hall–Kier alpha value is -1.90. The van der Waals surface area contributed by atoms with Crippen molar-refractivity contribution in [2.75, 3.05) is 17.1 Å². The summed E-state index contributed by atoms with van der Waals surface area (Å²) in [6.45, 7) is 1.45. The first kappa shape index (κ1) is 18.4. The van der Waals surface area contributed by atoms with Crippen molar-refractivity contribution in [2.45, 2.75) is 17.6 Å². The molecule has 0 spiro atoms. The highest BCUT2D eigenvalue weighted by atomic mass is 32.2. The second-order valence-electron chi connectivity index (χ2n) is 5.43. The number of hydrogen-bond acceptors (Lipinski definition) is 5. The molecule has 6 nitrogen and oxygen atoms in total. The average molecular weight is 369 g/mol. The van der Waals surface area contributed by atoms with Gasteiger partial charge in [0.1, 0.15) is 0 Å². The SMILES string of the molecule is Cc1ccc(S(=O)(=O)Nc2ccc(CS(=O)(=O)CCO)cc2)cc1. The maximum atomic E-state index is 12.3. The molecule has 0 amide bonds. The van der Waals surface area contributed by atoms with E-state index in [0.29, 0.717) is 11.3 Å². The third-order valence-electron chi connectivity index (χ3n) is 3.33. The summed E-state index contributed by atoms with van der Waals surface area (Å²) >= 11 is 0. The molecule has 0 unspecified atom stereocenters. The summed E-state index contributed by atoms with van der Waals surface area (Å²) in [7, 11) is -7.06. The van der Waals surface area contributed by atoms with Gasteiger partial charge in [-0.3, -0.25) is 4.72 Å². The molecule has 24 heavy (non-hydrogen) atoms. The number of hydrogen-bond donors (Lipinski definition) is 2. The normalized spacial score (nSPS) is 12.1. The summed E-state index contributed by atoms with van der Waals surface area (Å²) in [4.78, 5) is 0.155. The second kappa shape index (κ2) is 7.33. The highest BCUT2D eigenvalue weighted by molar-refractivity contribution is 7.92. The van der Waals surface area contributed by atoms with Gasteiger partial charge in [-0.1, -0.05) is 29.8 Å². The van der Waals surface area contributed by atoms with Gasteiger partial charge in [-0.05, 0) is 36.8 Å². The molecule has 0 aromatic heterocycles. The molecule has 0 heterocycles. The van der Waals surface area contributed by atoms with Crippen LogP contribution in [0.3, 0.4) is 0 Å². The molecule has 0 atom stereocenters. The van der Waals surface area contributed by atoms with E-state index in [4.69, 9.17) is 5.11 Å². The monoisotopic (exact) mass is 369 g/mol. The molecule has 0 aliphatic heterocycles. The van der Waals surface area contributed by atoms with Crippen LogP contribution in [-0.4, -0.2) is 34.3 Å². The first-order chi connectivity index (χ1) is 11.2. The third-order valence-corrected chi connectivity index (χ3v) is 6.30. The Bertz CT molecular complexity index is 886. The molecule has 0 aliphatic carbocycles. The van der Waals surface area contributed by atoms with Crippen molar-refractivity contribution < 1.29 is 21.9 Å². The lowest BCUT2D eigenvalue weighted by Crippen LogP contribution is -2.14. The number of aliphatic hydroxyl groups excluding tert-OH is 1. The van der Waals surface area contributed by atoms with Crippen LogP contribution in [0, 0.1) is 6.92 Å². The third kappa shape index (κ3) is 5.05. The van der Waals surface area contributed by atoms with E-state index in [0.717, 1.165) is 5.56 Å². The summed E-state index contributed by atoms with van der Waals surface area (Å²) in [6.07, 6.45) is 0. The highest BCUT2D eigenvalue weighted by Gasteiger charge is 2.15. The number of rotatable bonds is 7. The number of aliphatic hydroxyl groups is 1. The molecule has 8 heteroatoms. The van der Waals surface area contributed by atoms with E-state index in [1.165, 1.54) is 24.3 Å². The van der Waals surface area contributed by atoms with E-state index in [-0.39, 0.29) is 16.4 Å². The average Bonchev–Trinajstić information content (AvgIpc) is 2.49. The smallest absolute Gasteiger partial charge is 0.261 e. The van der Waals surface area contributed by atoms with Crippen LogP contribution in [0.1, 0.15) is 11.1 Å². The van der Waals surface area contributed by atoms with Gasteiger partial charge in [0, 0.05) is 5.69 Å². The molecule has 0 saturated heterocycles. The molecule has 2 rings (SSSR count). The van der Waals surface area contributed by atoms with Crippen molar-refractivity contribution in [2.24, 2.45) is 0 Å². The fourth-order valence-corrected chi connectivity index (χ4v) is 4.25. The van der Waals surface area contributed by atoms with Crippen LogP contribution in [-0.2, 0) is 25.6 Å². The van der Waals surface area contributed by atoms with Crippen molar-refractivity contribution >= 4 is 25.5 Å². The van der Waals surface area contributed by atoms with Gasteiger partial charge in [0.2, 0.25) is 0 Å². The van der Waals surface area contributed by atoms with Crippen LogP contribution in [0.4, 0.5) is 5.69 Å². The van der Waals surface area contributed by atoms with Crippen LogP contribution in [0.15, 0.2) is 53.4 Å². The molecule has 2 aromatic rings. The zero-order valence-electron chi connectivity index (χ0n) is 13.1. The molecule has 0 saturated carbocycles. The highest BCUT2D eigenvalue weighted by Crippen LogP contribution is 2.18. The van der Waals surface area contributed by atoms with Crippen LogP contribution in [0.25, 0.3) is 0 Å². The quantitative estimate of drug-likeness (QED) is 0.774.